The number of hydrogen-bond donors (Lipinski definition) is 2. The summed E-state index contributed by atoms with van der Waals surface area (Å²) < 4.78 is 1.46. The first-order valence-corrected chi connectivity index (χ1v) is 7.25. The van der Waals surface area contributed by atoms with Crippen LogP contribution in [0.25, 0.3) is 5.95 Å². The molecule has 21 heavy (non-hydrogen) atoms. The Hall–Kier alpha value is -2.25. The lowest BCUT2D eigenvalue weighted by molar-refractivity contribution is 0.233. The first-order chi connectivity index (χ1) is 10.1. The normalized spacial score (nSPS) is 17.6. The third kappa shape index (κ3) is 3.26. The molecular formula is C13H20N8. The minimum atomic E-state index is 0.173. The second kappa shape index (κ2) is 5.63. The Kier molecular flexibility index (Phi) is 3.68. The standard InChI is InChI=1S/C13H20N8/c1-13(5-3-2-4-6-13)7-16-11-18-10(14)19-12(20-11)21-9-15-8-17-21/h8-9H,2-7H2,1H3,(H3,14,16,18,19,20). The highest BCUT2D eigenvalue weighted by molar-refractivity contribution is 5.34. The fourth-order valence-corrected chi connectivity index (χ4v) is 2.75. The Bertz CT molecular complexity index is 588. The molecule has 0 saturated heterocycles. The quantitative estimate of drug-likeness (QED) is 0.875. The lowest BCUT2D eigenvalue weighted by Gasteiger charge is -2.33. The number of hydrogen-bond acceptors (Lipinski definition) is 7. The molecule has 112 valence electrons. The van der Waals surface area contributed by atoms with Crippen molar-refractivity contribution in [3.05, 3.63) is 12.7 Å². The van der Waals surface area contributed by atoms with Crippen LogP contribution < -0.4 is 11.1 Å². The van der Waals surface area contributed by atoms with Crippen molar-refractivity contribution in [3.8, 4) is 5.95 Å². The summed E-state index contributed by atoms with van der Waals surface area (Å²) in [4.78, 5) is 16.4. The number of aromatic nitrogens is 6. The van der Waals surface area contributed by atoms with Gasteiger partial charge in [-0.15, -0.1) is 0 Å². The van der Waals surface area contributed by atoms with Crippen LogP contribution in [0.2, 0.25) is 0 Å². The van der Waals surface area contributed by atoms with Crippen molar-refractivity contribution in [2.24, 2.45) is 5.41 Å². The zero-order valence-electron chi connectivity index (χ0n) is 12.2. The molecule has 1 aliphatic rings. The highest BCUT2D eigenvalue weighted by Gasteiger charge is 2.26. The average molecular weight is 288 g/mol. The van der Waals surface area contributed by atoms with Crippen LogP contribution in [0.15, 0.2) is 12.7 Å². The van der Waals surface area contributed by atoms with E-state index in [4.69, 9.17) is 5.73 Å². The van der Waals surface area contributed by atoms with Gasteiger partial charge in [-0.05, 0) is 18.3 Å². The van der Waals surface area contributed by atoms with E-state index >= 15 is 0 Å². The SMILES string of the molecule is CC1(CNc2nc(N)nc(-n3cncn3)n2)CCCCC1. The molecule has 0 spiro atoms. The second-order valence-electron chi connectivity index (χ2n) is 5.88. The van der Waals surface area contributed by atoms with E-state index in [2.05, 4.69) is 37.3 Å². The van der Waals surface area contributed by atoms with Gasteiger partial charge in [-0.25, -0.2) is 4.98 Å². The van der Waals surface area contributed by atoms with Gasteiger partial charge in [-0.1, -0.05) is 26.2 Å². The molecule has 0 aliphatic heterocycles. The lowest BCUT2D eigenvalue weighted by atomic mass is 9.76. The van der Waals surface area contributed by atoms with E-state index in [0.29, 0.717) is 17.3 Å². The number of nitrogens with two attached hydrogens (primary N) is 1. The van der Waals surface area contributed by atoms with Gasteiger partial charge in [-0.2, -0.15) is 24.7 Å². The Morgan fingerprint density at radius 1 is 1.24 bits per heavy atom. The summed E-state index contributed by atoms with van der Waals surface area (Å²) in [6.07, 6.45) is 9.35. The van der Waals surface area contributed by atoms with Crippen LogP contribution in [0.3, 0.4) is 0 Å². The molecule has 3 N–H and O–H groups in total. The van der Waals surface area contributed by atoms with Crippen molar-refractivity contribution in [2.75, 3.05) is 17.6 Å². The van der Waals surface area contributed by atoms with Crippen LogP contribution >= 0.6 is 0 Å². The van der Waals surface area contributed by atoms with E-state index in [1.807, 2.05) is 0 Å². The molecule has 0 aromatic carbocycles. The Morgan fingerprint density at radius 2 is 2.05 bits per heavy atom. The molecule has 8 heteroatoms. The molecule has 0 unspecified atom stereocenters. The molecule has 0 atom stereocenters. The zero-order chi connectivity index (χ0) is 14.7. The van der Waals surface area contributed by atoms with Crippen LogP contribution in [0.1, 0.15) is 39.0 Å². The van der Waals surface area contributed by atoms with E-state index in [1.54, 1.807) is 0 Å². The molecule has 2 aromatic heterocycles. The molecule has 0 radical (unpaired) electrons. The van der Waals surface area contributed by atoms with Gasteiger partial charge >= 0.3 is 0 Å². The van der Waals surface area contributed by atoms with E-state index in [0.717, 1.165) is 6.54 Å². The minimum absolute atomic E-state index is 0.173. The lowest BCUT2D eigenvalue weighted by Crippen LogP contribution is -2.29. The van der Waals surface area contributed by atoms with Crippen molar-refractivity contribution in [1.82, 2.24) is 29.7 Å². The second-order valence-corrected chi connectivity index (χ2v) is 5.88. The summed E-state index contributed by atoms with van der Waals surface area (Å²) in [7, 11) is 0. The fraction of sp³-hybridized carbons (Fsp3) is 0.615. The number of rotatable bonds is 4. The average Bonchev–Trinajstić information content (AvgIpc) is 3.00. The van der Waals surface area contributed by atoms with Crippen molar-refractivity contribution < 1.29 is 0 Å². The van der Waals surface area contributed by atoms with Gasteiger partial charge in [-0.3, -0.25) is 0 Å². The summed E-state index contributed by atoms with van der Waals surface area (Å²) in [6.45, 7) is 3.15. The van der Waals surface area contributed by atoms with Crippen molar-refractivity contribution in [3.63, 3.8) is 0 Å². The molecule has 2 aromatic rings. The van der Waals surface area contributed by atoms with Gasteiger partial charge in [0, 0.05) is 6.54 Å². The van der Waals surface area contributed by atoms with Gasteiger partial charge in [0.15, 0.2) is 0 Å². The summed E-state index contributed by atoms with van der Waals surface area (Å²) >= 11 is 0. The summed E-state index contributed by atoms with van der Waals surface area (Å²) in [5.74, 6) is 1.03. The fourth-order valence-electron chi connectivity index (χ4n) is 2.75. The largest absolute Gasteiger partial charge is 0.368 e. The monoisotopic (exact) mass is 288 g/mol. The summed E-state index contributed by atoms with van der Waals surface area (Å²) in [6, 6.07) is 0. The van der Waals surface area contributed by atoms with Crippen molar-refractivity contribution >= 4 is 11.9 Å². The molecule has 8 nitrogen and oxygen atoms in total. The maximum atomic E-state index is 5.74. The maximum Gasteiger partial charge on any atom is 0.258 e. The van der Waals surface area contributed by atoms with Gasteiger partial charge in [0.05, 0.1) is 0 Å². The molecule has 3 rings (SSSR count). The zero-order valence-corrected chi connectivity index (χ0v) is 12.2. The highest BCUT2D eigenvalue weighted by atomic mass is 15.4. The molecule has 1 aliphatic carbocycles. The molecule has 1 saturated carbocycles. The topological polar surface area (TPSA) is 107 Å². The number of nitrogen functional groups attached to an aromatic ring is 1. The van der Waals surface area contributed by atoms with E-state index in [1.165, 1.54) is 49.4 Å². The van der Waals surface area contributed by atoms with Gasteiger partial charge in [0.2, 0.25) is 11.9 Å². The van der Waals surface area contributed by atoms with E-state index in [-0.39, 0.29) is 5.95 Å². The van der Waals surface area contributed by atoms with Crippen molar-refractivity contribution in [2.45, 2.75) is 39.0 Å². The van der Waals surface area contributed by atoms with E-state index in [9.17, 15) is 0 Å². The summed E-state index contributed by atoms with van der Waals surface area (Å²) in [5, 5.41) is 7.30. The van der Waals surface area contributed by atoms with Crippen LogP contribution in [0.5, 0.6) is 0 Å². The third-order valence-corrected chi connectivity index (χ3v) is 4.00. The first kappa shape index (κ1) is 13.7. The first-order valence-electron chi connectivity index (χ1n) is 7.25. The highest BCUT2D eigenvalue weighted by Crippen LogP contribution is 2.35. The molecule has 1 fully saturated rings. The number of nitrogens with one attached hydrogen (secondary N) is 1. The Morgan fingerprint density at radius 3 is 2.76 bits per heavy atom. The van der Waals surface area contributed by atoms with Crippen LogP contribution in [-0.2, 0) is 0 Å². The molecule has 0 bridgehead atoms. The van der Waals surface area contributed by atoms with Gasteiger partial charge in [0.1, 0.15) is 12.7 Å². The number of anilines is 2. The van der Waals surface area contributed by atoms with E-state index < -0.39 is 0 Å². The minimum Gasteiger partial charge on any atom is -0.368 e. The van der Waals surface area contributed by atoms with Crippen LogP contribution in [-0.4, -0.2) is 36.3 Å². The van der Waals surface area contributed by atoms with Crippen molar-refractivity contribution in [1.29, 1.82) is 0 Å². The third-order valence-electron chi connectivity index (χ3n) is 4.00. The molecule has 0 amide bonds. The maximum absolute atomic E-state index is 5.74. The number of nitrogens with zero attached hydrogens (tertiary/aromatic N) is 6. The summed E-state index contributed by atoms with van der Waals surface area (Å²) in [5.41, 5.74) is 6.04. The molecular weight excluding hydrogens is 268 g/mol. The molecule has 2 heterocycles. The smallest absolute Gasteiger partial charge is 0.258 e. The van der Waals surface area contributed by atoms with Crippen LogP contribution in [0, 0.1) is 5.41 Å². The predicted molar refractivity (Wildman–Crippen MR) is 78.8 cm³/mol. The Labute approximate surface area is 123 Å². The van der Waals surface area contributed by atoms with Gasteiger partial charge in [0.25, 0.3) is 5.95 Å². The Balaban J connectivity index is 1.73. The van der Waals surface area contributed by atoms with Crippen LogP contribution in [0.4, 0.5) is 11.9 Å². The predicted octanol–water partition coefficient (Wildman–Crippen LogP) is 1.42. The van der Waals surface area contributed by atoms with Gasteiger partial charge < -0.3 is 11.1 Å².